The highest BCUT2D eigenvalue weighted by molar-refractivity contribution is 6.21. The van der Waals surface area contributed by atoms with Crippen molar-refractivity contribution in [2.45, 2.75) is 0 Å². The fourth-order valence-electron chi connectivity index (χ4n) is 6.48. The van der Waals surface area contributed by atoms with Crippen LogP contribution in [0.5, 0.6) is 0 Å². The third-order valence-corrected chi connectivity index (χ3v) is 8.40. The molecule has 4 heteroatoms. The molecule has 0 aliphatic rings. The Hall–Kier alpha value is -6.00. The normalized spacial score (nSPS) is 11.6. The van der Waals surface area contributed by atoms with Gasteiger partial charge in [0.05, 0.1) is 5.56 Å². The topological polar surface area (TPSA) is 52.1 Å². The van der Waals surface area contributed by atoms with E-state index < -0.39 is 0 Å². The van der Waals surface area contributed by atoms with E-state index in [0.29, 0.717) is 11.6 Å². The van der Waals surface area contributed by atoms with E-state index >= 15 is 0 Å². The van der Waals surface area contributed by atoms with E-state index in [1.54, 1.807) is 0 Å². The van der Waals surface area contributed by atoms with Crippen molar-refractivity contribution in [2.24, 2.45) is 0 Å². The molecule has 0 spiro atoms. The number of hydrogen-bond donors (Lipinski definition) is 0. The van der Waals surface area contributed by atoms with Gasteiger partial charge >= 0.3 is 0 Å². The summed E-state index contributed by atoms with van der Waals surface area (Å²) in [4.78, 5) is 9.82. The number of aromatic nitrogens is 2. The number of hydrogen-bond acceptors (Lipinski definition) is 4. The molecule has 44 heavy (non-hydrogen) atoms. The van der Waals surface area contributed by atoms with Crippen LogP contribution in [0.2, 0.25) is 0 Å². The van der Waals surface area contributed by atoms with Crippen molar-refractivity contribution in [2.75, 3.05) is 0 Å². The molecule has 0 saturated heterocycles. The third kappa shape index (κ3) is 3.78. The lowest BCUT2D eigenvalue weighted by Gasteiger charge is -2.17. The van der Waals surface area contributed by atoms with Crippen LogP contribution >= 0.6 is 0 Å². The van der Waals surface area contributed by atoms with E-state index in [9.17, 15) is 0 Å². The molecule has 0 N–H and O–H groups in total. The lowest BCUT2D eigenvalue weighted by atomic mass is 9.86. The zero-order valence-electron chi connectivity index (χ0n) is 23.6. The lowest BCUT2D eigenvalue weighted by molar-refractivity contribution is 0.613. The predicted molar refractivity (Wildman–Crippen MR) is 178 cm³/mol. The molecule has 3 heterocycles. The van der Waals surface area contributed by atoms with E-state index in [-0.39, 0.29) is 0 Å². The Morgan fingerprint density at radius 1 is 0.409 bits per heavy atom. The highest BCUT2D eigenvalue weighted by Gasteiger charge is 2.23. The molecule has 206 valence electrons. The van der Waals surface area contributed by atoms with Gasteiger partial charge in [-0.2, -0.15) is 0 Å². The number of rotatable bonds is 4. The second-order valence-electron chi connectivity index (χ2n) is 11.0. The quantitative estimate of drug-likeness (QED) is 0.200. The standard InChI is InChI=1S/C40H24N2O2/c1-2-12-25(13-3-1)36-28-15-5-7-17-30(28)37(31-18-8-6-16-29(31)36)27-23-41-40(42-24-27)39-38(32-19-9-11-21-34(32)44-39)35-22-26-14-4-10-20-33(26)43-35/h1-24H. The summed E-state index contributed by atoms with van der Waals surface area (Å²) >= 11 is 0. The van der Waals surface area contributed by atoms with E-state index in [4.69, 9.17) is 18.8 Å². The zero-order valence-corrected chi connectivity index (χ0v) is 23.6. The smallest absolute Gasteiger partial charge is 0.196 e. The van der Waals surface area contributed by atoms with Crippen LogP contribution in [0.15, 0.2) is 155 Å². The summed E-state index contributed by atoms with van der Waals surface area (Å²) in [7, 11) is 0. The number of benzene rings is 6. The van der Waals surface area contributed by atoms with Gasteiger partial charge in [-0.15, -0.1) is 0 Å². The maximum Gasteiger partial charge on any atom is 0.196 e. The Balaban J connectivity index is 1.25. The van der Waals surface area contributed by atoms with Crippen LogP contribution in [0.25, 0.3) is 88.6 Å². The van der Waals surface area contributed by atoms with Crippen LogP contribution in [0, 0.1) is 0 Å². The average Bonchev–Trinajstić information content (AvgIpc) is 3.69. The fraction of sp³-hybridized carbons (Fsp3) is 0. The minimum Gasteiger partial charge on any atom is -0.456 e. The molecular formula is C40H24N2O2. The Bertz CT molecular complexity index is 2400. The van der Waals surface area contributed by atoms with Crippen molar-refractivity contribution in [3.63, 3.8) is 0 Å². The van der Waals surface area contributed by atoms with E-state index in [1.165, 1.54) is 21.9 Å². The molecule has 0 amide bonds. The molecular weight excluding hydrogens is 540 g/mol. The molecule has 0 saturated carbocycles. The SMILES string of the molecule is c1ccc(-c2c3ccccc3c(-c3cnc(-c4oc5ccccc5c4-c4cc5ccccc5o4)nc3)c3ccccc23)cc1. The summed E-state index contributed by atoms with van der Waals surface area (Å²) in [6, 6.07) is 45.9. The van der Waals surface area contributed by atoms with Crippen LogP contribution in [-0.2, 0) is 0 Å². The monoisotopic (exact) mass is 564 g/mol. The van der Waals surface area contributed by atoms with E-state index in [1.807, 2.05) is 60.9 Å². The Labute approximate surface area is 252 Å². The number of para-hydroxylation sites is 2. The van der Waals surface area contributed by atoms with E-state index in [0.717, 1.165) is 55.2 Å². The second-order valence-corrected chi connectivity index (χ2v) is 11.0. The van der Waals surface area contributed by atoms with Crippen LogP contribution < -0.4 is 0 Å². The molecule has 3 aromatic heterocycles. The van der Waals surface area contributed by atoms with Gasteiger partial charge in [0.25, 0.3) is 0 Å². The number of fused-ring (bicyclic) bond motifs is 4. The summed E-state index contributed by atoms with van der Waals surface area (Å²) in [6.45, 7) is 0. The van der Waals surface area contributed by atoms with Crippen LogP contribution in [0.4, 0.5) is 0 Å². The van der Waals surface area contributed by atoms with Crippen LogP contribution in [0.3, 0.4) is 0 Å². The molecule has 9 rings (SSSR count). The van der Waals surface area contributed by atoms with Gasteiger partial charge in [-0.1, -0.05) is 115 Å². The first-order chi connectivity index (χ1) is 21.8. The van der Waals surface area contributed by atoms with Gasteiger partial charge in [-0.3, -0.25) is 0 Å². The highest BCUT2D eigenvalue weighted by atomic mass is 16.4. The van der Waals surface area contributed by atoms with Crippen molar-refractivity contribution >= 4 is 43.5 Å². The first-order valence-corrected chi connectivity index (χ1v) is 14.7. The molecule has 0 aliphatic heterocycles. The first kappa shape index (κ1) is 24.6. The molecule has 4 nitrogen and oxygen atoms in total. The van der Waals surface area contributed by atoms with Crippen molar-refractivity contribution in [1.82, 2.24) is 9.97 Å². The maximum atomic E-state index is 6.40. The minimum absolute atomic E-state index is 0.509. The van der Waals surface area contributed by atoms with E-state index in [2.05, 4.69) is 84.9 Å². The summed E-state index contributed by atoms with van der Waals surface area (Å²) in [5.74, 6) is 1.83. The first-order valence-electron chi connectivity index (χ1n) is 14.7. The molecule has 0 unspecified atom stereocenters. The lowest BCUT2D eigenvalue weighted by Crippen LogP contribution is -1.93. The molecule has 9 aromatic rings. The van der Waals surface area contributed by atoms with Gasteiger partial charge in [0.15, 0.2) is 11.6 Å². The van der Waals surface area contributed by atoms with Gasteiger partial charge in [0.1, 0.15) is 16.9 Å². The van der Waals surface area contributed by atoms with Crippen molar-refractivity contribution in [1.29, 1.82) is 0 Å². The Morgan fingerprint density at radius 3 is 1.57 bits per heavy atom. The molecule has 0 atom stereocenters. The summed E-state index contributed by atoms with van der Waals surface area (Å²) in [5.41, 5.74) is 6.93. The summed E-state index contributed by atoms with van der Waals surface area (Å²) in [6.07, 6.45) is 3.82. The Morgan fingerprint density at radius 2 is 0.932 bits per heavy atom. The zero-order chi connectivity index (χ0) is 29.0. The molecule has 0 bridgehead atoms. The minimum atomic E-state index is 0.509. The van der Waals surface area contributed by atoms with Gasteiger partial charge < -0.3 is 8.83 Å². The molecule has 0 aliphatic carbocycles. The van der Waals surface area contributed by atoms with Gasteiger partial charge in [0.2, 0.25) is 0 Å². The Kier molecular flexibility index (Phi) is 5.47. The van der Waals surface area contributed by atoms with Gasteiger partial charge in [0, 0.05) is 34.3 Å². The number of nitrogens with zero attached hydrogens (tertiary/aromatic N) is 2. The number of furan rings is 2. The molecule has 6 aromatic carbocycles. The highest BCUT2D eigenvalue weighted by Crippen LogP contribution is 2.45. The van der Waals surface area contributed by atoms with Gasteiger partial charge in [-0.25, -0.2) is 9.97 Å². The van der Waals surface area contributed by atoms with Crippen molar-refractivity contribution < 1.29 is 8.83 Å². The third-order valence-electron chi connectivity index (χ3n) is 8.40. The van der Waals surface area contributed by atoms with Crippen molar-refractivity contribution in [3.05, 3.63) is 146 Å². The fourth-order valence-corrected chi connectivity index (χ4v) is 6.48. The predicted octanol–water partition coefficient (Wildman–Crippen LogP) is 10.9. The second kappa shape index (κ2) is 9.79. The van der Waals surface area contributed by atoms with Crippen LogP contribution in [0.1, 0.15) is 0 Å². The summed E-state index contributed by atoms with van der Waals surface area (Å²) < 4.78 is 12.7. The van der Waals surface area contributed by atoms with Crippen molar-refractivity contribution in [3.8, 4) is 45.2 Å². The largest absolute Gasteiger partial charge is 0.456 e. The van der Waals surface area contributed by atoms with Crippen LogP contribution in [-0.4, -0.2) is 9.97 Å². The maximum absolute atomic E-state index is 6.40. The molecule has 0 fully saturated rings. The summed E-state index contributed by atoms with van der Waals surface area (Å²) in [5, 5.41) is 6.71. The molecule has 0 radical (unpaired) electrons. The average molecular weight is 565 g/mol. The van der Waals surface area contributed by atoms with Gasteiger partial charge in [-0.05, 0) is 50.9 Å².